The van der Waals surface area contributed by atoms with Gasteiger partial charge in [-0.2, -0.15) is 5.26 Å². The third-order valence-corrected chi connectivity index (χ3v) is 6.67. The van der Waals surface area contributed by atoms with Crippen molar-refractivity contribution in [2.24, 2.45) is 0 Å². The normalized spacial score (nSPS) is 11.2. The van der Waals surface area contributed by atoms with Gasteiger partial charge in [0.05, 0.1) is 17.2 Å². The predicted octanol–water partition coefficient (Wildman–Crippen LogP) is 5.59. The van der Waals surface area contributed by atoms with Crippen molar-refractivity contribution in [1.29, 1.82) is 5.26 Å². The molecular formula is C24H24N2O3S2. The van der Waals surface area contributed by atoms with E-state index in [1.54, 1.807) is 42.1 Å². The maximum Gasteiger partial charge on any atom is 0.232 e. The molecule has 1 aromatic heterocycles. The molecule has 0 saturated heterocycles. The van der Waals surface area contributed by atoms with E-state index in [0.717, 1.165) is 34.4 Å². The van der Waals surface area contributed by atoms with E-state index in [9.17, 15) is 13.7 Å². The second kappa shape index (κ2) is 9.99. The average Bonchev–Trinajstić information content (AvgIpc) is 2.78. The van der Waals surface area contributed by atoms with Gasteiger partial charge in [-0.1, -0.05) is 37.6 Å². The van der Waals surface area contributed by atoms with Gasteiger partial charge in [0.25, 0.3) is 0 Å². The molecule has 7 heteroatoms. The summed E-state index contributed by atoms with van der Waals surface area (Å²) in [4.78, 5) is 6.10. The smallest absolute Gasteiger partial charge is 0.232 e. The minimum absolute atomic E-state index is 0.245. The van der Waals surface area contributed by atoms with Gasteiger partial charge in [-0.15, -0.1) is 11.8 Å². The van der Waals surface area contributed by atoms with Crippen LogP contribution in [0.15, 0.2) is 64.4 Å². The molecule has 2 aromatic carbocycles. The number of hydrogen-bond acceptors (Lipinski definition) is 6. The second-order valence-electron chi connectivity index (χ2n) is 7.08. The van der Waals surface area contributed by atoms with E-state index >= 15 is 0 Å². The molecule has 160 valence electrons. The van der Waals surface area contributed by atoms with Gasteiger partial charge in [-0.05, 0) is 48.6 Å². The van der Waals surface area contributed by atoms with Gasteiger partial charge in [0, 0.05) is 22.3 Å². The number of thioether (sulfide) groups is 1. The molecule has 0 fully saturated rings. The number of hydrogen-bond donors (Lipinski definition) is 0. The quantitative estimate of drug-likeness (QED) is 0.327. The van der Waals surface area contributed by atoms with Crippen LogP contribution in [0.25, 0.3) is 22.4 Å². The van der Waals surface area contributed by atoms with E-state index in [0.29, 0.717) is 23.7 Å². The number of aromatic nitrogens is 1. The Labute approximate surface area is 188 Å². The zero-order chi connectivity index (χ0) is 22.4. The van der Waals surface area contributed by atoms with E-state index in [2.05, 4.69) is 13.0 Å². The van der Waals surface area contributed by atoms with Gasteiger partial charge in [0.2, 0.25) is 5.88 Å². The number of benzene rings is 2. The first-order valence-corrected chi connectivity index (χ1v) is 13.0. The minimum atomic E-state index is -3.29. The molecule has 0 spiro atoms. The van der Waals surface area contributed by atoms with Crippen LogP contribution in [0.5, 0.6) is 5.88 Å². The number of rotatable bonds is 8. The van der Waals surface area contributed by atoms with E-state index in [1.807, 2.05) is 30.5 Å². The highest BCUT2D eigenvalue weighted by Crippen LogP contribution is 2.35. The standard InChI is InChI=1S/C24H24N2O3S2/c1-4-5-14-29-24-19(16-25)15-22(17-8-12-21(13-9-17)31(3,27)28)23(26-24)18-6-10-20(30-2)11-7-18/h6-13,15H,4-5,14H2,1-3H3. The van der Waals surface area contributed by atoms with Crippen molar-refractivity contribution >= 4 is 21.6 Å². The summed E-state index contributed by atoms with van der Waals surface area (Å²) in [6.07, 6.45) is 5.05. The number of pyridine rings is 1. The first-order chi connectivity index (χ1) is 14.9. The lowest BCUT2D eigenvalue weighted by Gasteiger charge is -2.14. The molecule has 0 N–H and O–H groups in total. The number of sulfone groups is 1. The molecule has 0 radical (unpaired) electrons. The summed E-state index contributed by atoms with van der Waals surface area (Å²) in [6.45, 7) is 2.56. The van der Waals surface area contributed by atoms with Crippen molar-refractivity contribution in [2.45, 2.75) is 29.6 Å². The SMILES string of the molecule is CCCCOc1nc(-c2ccc(SC)cc2)c(-c2ccc(S(C)(=O)=O)cc2)cc1C#N. The molecule has 0 bridgehead atoms. The average molecular weight is 453 g/mol. The predicted molar refractivity (Wildman–Crippen MR) is 125 cm³/mol. The van der Waals surface area contributed by atoms with Crippen molar-refractivity contribution in [1.82, 2.24) is 4.98 Å². The Hall–Kier alpha value is -2.82. The van der Waals surface area contributed by atoms with Crippen molar-refractivity contribution in [2.75, 3.05) is 19.1 Å². The highest BCUT2D eigenvalue weighted by atomic mass is 32.2. The van der Waals surface area contributed by atoms with E-state index in [-0.39, 0.29) is 4.90 Å². The van der Waals surface area contributed by atoms with Crippen LogP contribution in [-0.4, -0.2) is 32.5 Å². The molecule has 5 nitrogen and oxygen atoms in total. The molecule has 0 atom stereocenters. The van der Waals surface area contributed by atoms with Crippen molar-refractivity contribution in [3.63, 3.8) is 0 Å². The Morgan fingerprint density at radius 1 is 1.06 bits per heavy atom. The van der Waals surface area contributed by atoms with Crippen LogP contribution in [0, 0.1) is 11.3 Å². The highest BCUT2D eigenvalue weighted by molar-refractivity contribution is 7.98. The summed E-state index contributed by atoms with van der Waals surface area (Å²) < 4.78 is 29.5. The van der Waals surface area contributed by atoms with Gasteiger partial charge in [-0.3, -0.25) is 0 Å². The Bertz CT molecular complexity index is 1200. The maximum absolute atomic E-state index is 11.8. The summed E-state index contributed by atoms with van der Waals surface area (Å²) in [5, 5.41) is 9.67. The lowest BCUT2D eigenvalue weighted by atomic mass is 9.98. The van der Waals surface area contributed by atoms with Crippen LogP contribution in [0.3, 0.4) is 0 Å². The fourth-order valence-corrected chi connectivity index (χ4v) is 4.11. The molecule has 0 aliphatic rings. The van der Waals surface area contributed by atoms with Crippen LogP contribution < -0.4 is 4.74 Å². The number of nitriles is 1. The molecule has 1 heterocycles. The van der Waals surface area contributed by atoms with Crippen molar-refractivity contribution < 1.29 is 13.2 Å². The Balaban J connectivity index is 2.16. The molecule has 3 aromatic rings. The summed E-state index contributed by atoms with van der Waals surface area (Å²) in [5.41, 5.74) is 3.45. The fraction of sp³-hybridized carbons (Fsp3) is 0.250. The molecule has 0 aliphatic heterocycles. The largest absolute Gasteiger partial charge is 0.477 e. The van der Waals surface area contributed by atoms with Gasteiger partial charge in [0.15, 0.2) is 9.84 Å². The Morgan fingerprint density at radius 2 is 1.71 bits per heavy atom. The third-order valence-electron chi connectivity index (χ3n) is 4.80. The lowest BCUT2D eigenvalue weighted by molar-refractivity contribution is 0.297. The molecule has 0 saturated carbocycles. The fourth-order valence-electron chi connectivity index (χ4n) is 3.07. The summed E-state index contributed by atoms with van der Waals surface area (Å²) in [5.74, 6) is 0.316. The third kappa shape index (κ3) is 5.46. The van der Waals surface area contributed by atoms with Crippen LogP contribution in [-0.2, 0) is 9.84 Å². The lowest BCUT2D eigenvalue weighted by Crippen LogP contribution is -2.03. The Kier molecular flexibility index (Phi) is 7.37. The number of unbranched alkanes of at least 4 members (excludes halogenated alkanes) is 1. The van der Waals surface area contributed by atoms with E-state index in [4.69, 9.17) is 9.72 Å². The van der Waals surface area contributed by atoms with Gasteiger partial charge in [-0.25, -0.2) is 13.4 Å². The first kappa shape index (κ1) is 22.9. The molecular weight excluding hydrogens is 428 g/mol. The Morgan fingerprint density at radius 3 is 2.26 bits per heavy atom. The summed E-state index contributed by atoms with van der Waals surface area (Å²) >= 11 is 1.65. The minimum Gasteiger partial charge on any atom is -0.477 e. The highest BCUT2D eigenvalue weighted by Gasteiger charge is 2.17. The zero-order valence-corrected chi connectivity index (χ0v) is 19.4. The molecule has 31 heavy (non-hydrogen) atoms. The molecule has 0 amide bonds. The maximum atomic E-state index is 11.8. The molecule has 0 unspecified atom stereocenters. The number of ether oxygens (including phenoxy) is 1. The van der Waals surface area contributed by atoms with Gasteiger partial charge < -0.3 is 4.74 Å². The zero-order valence-electron chi connectivity index (χ0n) is 17.8. The van der Waals surface area contributed by atoms with E-state index < -0.39 is 9.84 Å². The number of nitrogens with zero attached hydrogens (tertiary/aromatic N) is 2. The van der Waals surface area contributed by atoms with Crippen LogP contribution in [0.2, 0.25) is 0 Å². The first-order valence-electron chi connectivity index (χ1n) is 9.90. The monoisotopic (exact) mass is 452 g/mol. The molecule has 0 aliphatic carbocycles. The second-order valence-corrected chi connectivity index (χ2v) is 9.97. The van der Waals surface area contributed by atoms with Gasteiger partial charge in [0.1, 0.15) is 11.6 Å². The van der Waals surface area contributed by atoms with Crippen LogP contribution in [0.1, 0.15) is 25.3 Å². The summed E-state index contributed by atoms with van der Waals surface area (Å²) in [6, 6.07) is 18.6. The van der Waals surface area contributed by atoms with Crippen molar-refractivity contribution in [3.05, 3.63) is 60.2 Å². The van der Waals surface area contributed by atoms with Crippen LogP contribution in [0.4, 0.5) is 0 Å². The summed E-state index contributed by atoms with van der Waals surface area (Å²) in [7, 11) is -3.29. The molecule has 3 rings (SSSR count). The van der Waals surface area contributed by atoms with Crippen molar-refractivity contribution in [3.8, 4) is 34.3 Å². The topological polar surface area (TPSA) is 80.0 Å². The van der Waals surface area contributed by atoms with Gasteiger partial charge >= 0.3 is 0 Å². The van der Waals surface area contributed by atoms with E-state index in [1.165, 1.54) is 6.26 Å². The van der Waals surface area contributed by atoms with Crippen LogP contribution >= 0.6 is 11.8 Å².